The van der Waals surface area contributed by atoms with Crippen LogP contribution in [0.5, 0.6) is 11.5 Å². The third-order valence-corrected chi connectivity index (χ3v) is 4.03. The van der Waals surface area contributed by atoms with Gasteiger partial charge in [-0.3, -0.25) is 0 Å². The Morgan fingerprint density at radius 3 is 2.32 bits per heavy atom. The van der Waals surface area contributed by atoms with Crippen molar-refractivity contribution in [2.75, 3.05) is 14.2 Å². The fourth-order valence-corrected chi connectivity index (χ4v) is 3.29. The van der Waals surface area contributed by atoms with Crippen LogP contribution in [0.1, 0.15) is 50.2 Å². The Kier molecular flexibility index (Phi) is 5.85. The first kappa shape index (κ1) is 16.0. The predicted octanol–water partition coefficient (Wildman–Crippen LogP) is 4.28. The van der Waals surface area contributed by atoms with E-state index in [-0.39, 0.29) is 5.92 Å². The van der Waals surface area contributed by atoms with Crippen LogP contribution in [0.2, 0.25) is 0 Å². The number of carbonyl (C=O) groups excluding carboxylic acids is 1. The van der Waals surface area contributed by atoms with E-state index in [9.17, 15) is 4.79 Å². The van der Waals surface area contributed by atoms with E-state index >= 15 is 0 Å². The molecule has 0 bridgehead atoms. The highest BCUT2D eigenvalue weighted by atomic mass is 79.9. The molecule has 0 aliphatic heterocycles. The van der Waals surface area contributed by atoms with Gasteiger partial charge in [0.1, 0.15) is 6.29 Å². The molecule has 0 radical (unpaired) electrons. The minimum absolute atomic E-state index is 0.158. The first-order valence-corrected chi connectivity index (χ1v) is 7.15. The Labute approximate surface area is 123 Å². The molecular formula is C15H21BrO3. The van der Waals surface area contributed by atoms with Gasteiger partial charge in [-0.1, -0.05) is 20.8 Å². The normalized spacial score (nSPS) is 12.4. The summed E-state index contributed by atoms with van der Waals surface area (Å²) in [5.41, 5.74) is 2.30. The summed E-state index contributed by atoms with van der Waals surface area (Å²) in [6, 6.07) is 1.98. The van der Waals surface area contributed by atoms with Gasteiger partial charge in [0.2, 0.25) is 0 Å². The lowest BCUT2D eigenvalue weighted by Crippen LogP contribution is -2.06. The molecule has 1 atom stereocenters. The lowest BCUT2D eigenvalue weighted by Gasteiger charge is -2.22. The molecular weight excluding hydrogens is 308 g/mol. The van der Waals surface area contributed by atoms with Crippen LogP contribution in [-0.2, 0) is 4.79 Å². The Hall–Kier alpha value is -1.03. The standard InChI is InChI=1S/C15H21BrO3/c1-9(2)13-11(10(3)6-7-17)8-12(18-4)15(19-5)14(13)16/h7-10H,6H2,1-5H3. The number of methoxy groups -OCH3 is 2. The smallest absolute Gasteiger partial charge is 0.175 e. The third-order valence-electron chi connectivity index (χ3n) is 3.24. The number of hydrogen-bond acceptors (Lipinski definition) is 3. The summed E-state index contributed by atoms with van der Waals surface area (Å²) in [6.45, 7) is 6.31. The lowest BCUT2D eigenvalue weighted by atomic mass is 9.88. The molecule has 0 aliphatic carbocycles. The fraction of sp³-hybridized carbons (Fsp3) is 0.533. The molecule has 0 fully saturated rings. The average molecular weight is 329 g/mol. The monoisotopic (exact) mass is 328 g/mol. The number of hydrogen-bond donors (Lipinski definition) is 0. The van der Waals surface area contributed by atoms with Crippen molar-refractivity contribution in [3.63, 3.8) is 0 Å². The largest absolute Gasteiger partial charge is 0.493 e. The lowest BCUT2D eigenvalue weighted by molar-refractivity contribution is -0.108. The van der Waals surface area contributed by atoms with Crippen molar-refractivity contribution >= 4 is 22.2 Å². The minimum atomic E-state index is 0.158. The van der Waals surface area contributed by atoms with Crippen LogP contribution in [0.15, 0.2) is 10.5 Å². The highest BCUT2D eigenvalue weighted by Crippen LogP contribution is 2.45. The van der Waals surface area contributed by atoms with Gasteiger partial charge >= 0.3 is 0 Å². The van der Waals surface area contributed by atoms with Gasteiger partial charge in [-0.2, -0.15) is 0 Å². The summed E-state index contributed by atoms with van der Waals surface area (Å²) >= 11 is 3.61. The molecule has 106 valence electrons. The second-order valence-electron chi connectivity index (χ2n) is 4.89. The molecule has 1 unspecified atom stereocenters. The second kappa shape index (κ2) is 6.94. The van der Waals surface area contributed by atoms with Gasteiger partial charge in [-0.05, 0) is 45.0 Å². The zero-order valence-corrected chi connectivity index (χ0v) is 13.7. The van der Waals surface area contributed by atoms with Crippen LogP contribution >= 0.6 is 15.9 Å². The maximum Gasteiger partial charge on any atom is 0.175 e. The summed E-state index contributed by atoms with van der Waals surface area (Å²) in [4.78, 5) is 10.8. The number of rotatable bonds is 6. The van der Waals surface area contributed by atoms with Crippen molar-refractivity contribution < 1.29 is 14.3 Å². The summed E-state index contributed by atoms with van der Waals surface area (Å²) in [7, 11) is 3.24. The number of benzene rings is 1. The van der Waals surface area contributed by atoms with E-state index in [2.05, 4.69) is 29.8 Å². The van der Waals surface area contributed by atoms with Crippen molar-refractivity contribution in [3.05, 3.63) is 21.7 Å². The van der Waals surface area contributed by atoms with Gasteiger partial charge in [0.15, 0.2) is 11.5 Å². The van der Waals surface area contributed by atoms with E-state index in [1.165, 1.54) is 5.56 Å². The van der Waals surface area contributed by atoms with Gasteiger partial charge in [-0.15, -0.1) is 0 Å². The zero-order valence-electron chi connectivity index (χ0n) is 12.1. The van der Waals surface area contributed by atoms with E-state index < -0.39 is 0 Å². The molecule has 1 rings (SSSR count). The van der Waals surface area contributed by atoms with Gasteiger partial charge in [0, 0.05) is 6.42 Å². The van der Waals surface area contributed by atoms with Crippen LogP contribution in [0.25, 0.3) is 0 Å². The molecule has 1 aromatic rings. The van der Waals surface area contributed by atoms with Crippen molar-refractivity contribution in [1.82, 2.24) is 0 Å². The van der Waals surface area contributed by atoms with Gasteiger partial charge in [0.05, 0.1) is 18.7 Å². The van der Waals surface area contributed by atoms with Gasteiger partial charge in [0.25, 0.3) is 0 Å². The Morgan fingerprint density at radius 1 is 1.26 bits per heavy atom. The Balaban J connectivity index is 3.51. The van der Waals surface area contributed by atoms with E-state index in [0.717, 1.165) is 16.3 Å². The summed E-state index contributed by atoms with van der Waals surface area (Å²) in [5, 5.41) is 0. The van der Waals surface area contributed by atoms with Gasteiger partial charge in [-0.25, -0.2) is 0 Å². The molecule has 0 N–H and O–H groups in total. The zero-order chi connectivity index (χ0) is 14.6. The van der Waals surface area contributed by atoms with E-state index in [1.807, 2.05) is 13.0 Å². The van der Waals surface area contributed by atoms with Gasteiger partial charge < -0.3 is 14.3 Å². The van der Waals surface area contributed by atoms with Crippen LogP contribution in [-0.4, -0.2) is 20.5 Å². The SMILES string of the molecule is COc1cc(C(C)CC=O)c(C(C)C)c(Br)c1OC. The molecule has 0 aliphatic rings. The number of halogens is 1. The first-order valence-electron chi connectivity index (χ1n) is 6.35. The van der Waals surface area contributed by atoms with Crippen molar-refractivity contribution in [2.24, 2.45) is 0 Å². The Morgan fingerprint density at radius 2 is 1.89 bits per heavy atom. The van der Waals surface area contributed by atoms with Crippen LogP contribution in [0, 0.1) is 0 Å². The molecule has 0 spiro atoms. The number of aldehydes is 1. The van der Waals surface area contributed by atoms with E-state index in [4.69, 9.17) is 9.47 Å². The maximum atomic E-state index is 10.8. The fourth-order valence-electron chi connectivity index (χ4n) is 2.25. The van der Waals surface area contributed by atoms with E-state index in [0.29, 0.717) is 23.8 Å². The highest BCUT2D eigenvalue weighted by molar-refractivity contribution is 9.10. The molecule has 0 amide bonds. The molecule has 1 aromatic carbocycles. The summed E-state index contributed by atoms with van der Waals surface area (Å²) < 4.78 is 11.7. The molecule has 0 aromatic heterocycles. The minimum Gasteiger partial charge on any atom is -0.493 e. The Bertz CT molecular complexity index is 455. The van der Waals surface area contributed by atoms with E-state index in [1.54, 1.807) is 14.2 Å². The van der Waals surface area contributed by atoms with Crippen LogP contribution in [0.4, 0.5) is 0 Å². The van der Waals surface area contributed by atoms with Crippen LogP contribution in [0.3, 0.4) is 0 Å². The predicted molar refractivity (Wildman–Crippen MR) is 80.4 cm³/mol. The molecule has 0 saturated carbocycles. The first-order chi connectivity index (χ1) is 8.97. The highest BCUT2D eigenvalue weighted by Gasteiger charge is 2.22. The number of ether oxygens (including phenoxy) is 2. The van der Waals surface area contributed by atoms with Crippen LogP contribution < -0.4 is 9.47 Å². The molecule has 4 heteroatoms. The van der Waals surface area contributed by atoms with Crippen molar-refractivity contribution in [3.8, 4) is 11.5 Å². The topological polar surface area (TPSA) is 35.5 Å². The molecule has 0 heterocycles. The van der Waals surface area contributed by atoms with Crippen molar-refractivity contribution in [2.45, 2.75) is 39.0 Å². The molecule has 19 heavy (non-hydrogen) atoms. The molecule has 0 saturated heterocycles. The van der Waals surface area contributed by atoms with Crippen molar-refractivity contribution in [1.29, 1.82) is 0 Å². The second-order valence-corrected chi connectivity index (χ2v) is 5.68. The third kappa shape index (κ3) is 3.30. The summed E-state index contributed by atoms with van der Waals surface area (Å²) in [5.74, 6) is 1.88. The quantitative estimate of drug-likeness (QED) is 0.731. The number of carbonyl (C=O) groups is 1. The maximum absolute atomic E-state index is 10.8. The molecule has 3 nitrogen and oxygen atoms in total. The summed E-state index contributed by atoms with van der Waals surface area (Å²) in [6.07, 6.45) is 1.46. The average Bonchev–Trinajstić information content (AvgIpc) is 2.37.